The maximum atomic E-state index is 12.8. The van der Waals surface area contributed by atoms with Crippen molar-refractivity contribution in [3.63, 3.8) is 0 Å². The van der Waals surface area contributed by atoms with Crippen molar-refractivity contribution in [3.8, 4) is 6.07 Å². The summed E-state index contributed by atoms with van der Waals surface area (Å²) in [4.78, 5) is 4.58. The molecule has 3 aromatic carbocycles. The summed E-state index contributed by atoms with van der Waals surface area (Å²) in [6.07, 6.45) is -3.91. The van der Waals surface area contributed by atoms with Gasteiger partial charge in [0.2, 0.25) is 0 Å². The highest BCUT2D eigenvalue weighted by Crippen LogP contribution is 2.30. The summed E-state index contributed by atoms with van der Waals surface area (Å²) in [5, 5.41) is 10.1. The third kappa shape index (κ3) is 5.46. The summed E-state index contributed by atoms with van der Waals surface area (Å²) in [6.45, 7) is 0. The molecule has 146 valence electrons. The number of benzene rings is 3. The lowest BCUT2D eigenvalue weighted by Crippen LogP contribution is -2.08. The van der Waals surface area contributed by atoms with E-state index in [4.69, 9.17) is 11.6 Å². The van der Waals surface area contributed by atoms with Gasteiger partial charge in [-0.15, -0.1) is 0 Å². The normalized spacial score (nSPS) is 13.0. The maximum Gasteiger partial charge on any atom is 0.416 e. The molecule has 0 bridgehead atoms. The van der Waals surface area contributed by atoms with Crippen molar-refractivity contribution < 1.29 is 13.2 Å². The van der Waals surface area contributed by atoms with Gasteiger partial charge in [0.15, 0.2) is 0 Å². The highest BCUT2D eigenvalue weighted by Gasteiger charge is 2.30. The van der Waals surface area contributed by atoms with Crippen LogP contribution < -0.4 is 0 Å². The van der Waals surface area contributed by atoms with Gasteiger partial charge in [-0.3, -0.25) is 4.99 Å². The fourth-order valence-electron chi connectivity index (χ4n) is 2.93. The molecular formula is C23H16ClF3N2. The summed E-state index contributed by atoms with van der Waals surface area (Å²) in [5.41, 5.74) is 1.47. The molecule has 0 saturated carbocycles. The molecule has 6 heteroatoms. The van der Waals surface area contributed by atoms with E-state index in [1.54, 1.807) is 18.2 Å². The van der Waals surface area contributed by atoms with E-state index in [0.29, 0.717) is 17.0 Å². The Morgan fingerprint density at radius 1 is 0.966 bits per heavy atom. The monoisotopic (exact) mass is 412 g/mol. The molecule has 0 radical (unpaired) electrons. The van der Waals surface area contributed by atoms with E-state index in [2.05, 4.69) is 4.99 Å². The van der Waals surface area contributed by atoms with Gasteiger partial charge in [0, 0.05) is 10.6 Å². The van der Waals surface area contributed by atoms with Crippen LogP contribution in [0.4, 0.5) is 13.2 Å². The van der Waals surface area contributed by atoms with Crippen LogP contribution in [0.15, 0.2) is 83.9 Å². The SMILES string of the molecule is N#C/C(=N\[C@H](Cc1ccccc1)c1cccc(Cl)c1)c1ccc(C(F)(F)F)cc1. The predicted molar refractivity (Wildman–Crippen MR) is 108 cm³/mol. The smallest absolute Gasteiger partial charge is 0.265 e. The van der Waals surface area contributed by atoms with Gasteiger partial charge >= 0.3 is 6.18 Å². The van der Waals surface area contributed by atoms with Crippen LogP contribution in [0.5, 0.6) is 0 Å². The second kappa shape index (κ2) is 8.93. The topological polar surface area (TPSA) is 36.1 Å². The van der Waals surface area contributed by atoms with Crippen LogP contribution in [0.25, 0.3) is 0 Å². The first-order valence-corrected chi connectivity index (χ1v) is 9.19. The molecule has 0 fully saturated rings. The molecule has 3 aromatic rings. The lowest BCUT2D eigenvalue weighted by molar-refractivity contribution is -0.137. The summed E-state index contributed by atoms with van der Waals surface area (Å²) in [7, 11) is 0. The van der Waals surface area contributed by atoms with Crippen molar-refractivity contribution in [1.29, 1.82) is 5.26 Å². The Hall–Kier alpha value is -3.10. The van der Waals surface area contributed by atoms with Crippen LogP contribution in [0.2, 0.25) is 5.02 Å². The number of hydrogen-bond acceptors (Lipinski definition) is 2. The number of nitrogens with zero attached hydrogens (tertiary/aromatic N) is 2. The molecule has 0 saturated heterocycles. The van der Waals surface area contributed by atoms with E-state index >= 15 is 0 Å². The number of aliphatic imine (C=N–C) groups is 1. The van der Waals surface area contributed by atoms with Crippen molar-refractivity contribution in [2.24, 2.45) is 4.99 Å². The van der Waals surface area contributed by atoms with Crippen molar-refractivity contribution in [1.82, 2.24) is 0 Å². The van der Waals surface area contributed by atoms with Crippen LogP contribution in [0.3, 0.4) is 0 Å². The molecule has 0 aliphatic carbocycles. The van der Waals surface area contributed by atoms with E-state index < -0.39 is 17.8 Å². The number of halogens is 4. The van der Waals surface area contributed by atoms with E-state index in [1.165, 1.54) is 12.1 Å². The summed E-state index contributed by atoms with van der Waals surface area (Å²) >= 11 is 6.12. The minimum Gasteiger partial charge on any atom is -0.265 e. The third-order valence-corrected chi connectivity index (χ3v) is 4.62. The average molecular weight is 413 g/mol. The highest BCUT2D eigenvalue weighted by atomic mass is 35.5. The molecule has 0 N–H and O–H groups in total. The standard InChI is InChI=1S/C23H16ClF3N2/c24-20-8-4-7-18(14-20)21(13-16-5-2-1-3-6-16)29-22(15-28)17-9-11-19(12-10-17)23(25,26)27/h1-12,14,21H,13H2/b29-22+/t21-/m1/s1. The number of hydrogen-bond donors (Lipinski definition) is 0. The largest absolute Gasteiger partial charge is 0.416 e. The fourth-order valence-corrected chi connectivity index (χ4v) is 3.13. The Morgan fingerprint density at radius 2 is 1.66 bits per heavy atom. The first-order chi connectivity index (χ1) is 13.9. The maximum absolute atomic E-state index is 12.8. The van der Waals surface area contributed by atoms with Gasteiger partial charge in [0.25, 0.3) is 0 Å². The summed E-state index contributed by atoms with van der Waals surface area (Å²) in [6, 6.07) is 22.9. The van der Waals surface area contributed by atoms with Crippen LogP contribution in [0.1, 0.15) is 28.3 Å². The first-order valence-electron chi connectivity index (χ1n) is 8.82. The van der Waals surface area contributed by atoms with Gasteiger partial charge in [-0.25, -0.2) is 0 Å². The van der Waals surface area contributed by atoms with E-state index in [9.17, 15) is 18.4 Å². The van der Waals surface area contributed by atoms with Gasteiger partial charge in [0.05, 0.1) is 11.6 Å². The molecule has 0 aliphatic rings. The van der Waals surface area contributed by atoms with Crippen LogP contribution in [0, 0.1) is 11.3 Å². The first kappa shape index (κ1) is 20.6. The van der Waals surface area contributed by atoms with Gasteiger partial charge in [-0.1, -0.05) is 66.2 Å². The van der Waals surface area contributed by atoms with Crippen LogP contribution >= 0.6 is 11.6 Å². The molecule has 29 heavy (non-hydrogen) atoms. The molecule has 0 unspecified atom stereocenters. The Labute approximate surface area is 171 Å². The molecule has 0 aromatic heterocycles. The number of rotatable bonds is 5. The zero-order valence-electron chi connectivity index (χ0n) is 15.2. The quantitative estimate of drug-likeness (QED) is 0.432. The molecule has 2 nitrogen and oxygen atoms in total. The summed E-state index contributed by atoms with van der Waals surface area (Å²) < 4.78 is 38.4. The minimum atomic E-state index is -4.43. The van der Waals surface area contributed by atoms with Gasteiger partial charge in [-0.2, -0.15) is 18.4 Å². The van der Waals surface area contributed by atoms with Crippen molar-refractivity contribution >= 4 is 17.3 Å². The number of nitriles is 1. The Kier molecular flexibility index (Phi) is 6.36. The van der Waals surface area contributed by atoms with Crippen molar-refractivity contribution in [3.05, 3.63) is 106 Å². The Bertz CT molecular complexity index is 1040. The second-order valence-corrected chi connectivity index (χ2v) is 6.86. The number of alkyl halides is 3. The third-order valence-electron chi connectivity index (χ3n) is 4.38. The molecule has 0 spiro atoms. The van der Waals surface area contributed by atoms with E-state index in [0.717, 1.165) is 23.3 Å². The molecule has 0 heterocycles. The van der Waals surface area contributed by atoms with Crippen molar-refractivity contribution in [2.75, 3.05) is 0 Å². The average Bonchev–Trinajstić information content (AvgIpc) is 2.71. The van der Waals surface area contributed by atoms with Gasteiger partial charge in [0.1, 0.15) is 11.8 Å². The zero-order chi connectivity index (χ0) is 20.9. The predicted octanol–water partition coefficient (Wildman–Crippen LogP) is 6.66. The van der Waals surface area contributed by atoms with Gasteiger partial charge < -0.3 is 0 Å². The molecular weight excluding hydrogens is 397 g/mol. The molecule has 0 amide bonds. The van der Waals surface area contributed by atoms with Crippen LogP contribution in [-0.2, 0) is 12.6 Å². The highest BCUT2D eigenvalue weighted by molar-refractivity contribution is 6.30. The minimum absolute atomic E-state index is 0.0691. The lowest BCUT2D eigenvalue weighted by Gasteiger charge is -2.15. The zero-order valence-corrected chi connectivity index (χ0v) is 16.0. The van der Waals surface area contributed by atoms with Gasteiger partial charge in [-0.05, 0) is 41.8 Å². The fraction of sp³-hybridized carbons (Fsp3) is 0.130. The molecule has 1 atom stereocenters. The lowest BCUT2D eigenvalue weighted by atomic mass is 9.98. The summed E-state index contributed by atoms with van der Waals surface area (Å²) in [5.74, 6) is 0. The second-order valence-electron chi connectivity index (χ2n) is 6.43. The molecule has 0 aliphatic heterocycles. The Morgan fingerprint density at radius 3 is 2.24 bits per heavy atom. The van der Waals surface area contributed by atoms with Crippen molar-refractivity contribution in [2.45, 2.75) is 18.6 Å². The van der Waals surface area contributed by atoms with E-state index in [1.807, 2.05) is 42.5 Å². The van der Waals surface area contributed by atoms with Crippen LogP contribution in [-0.4, -0.2) is 5.71 Å². The van der Waals surface area contributed by atoms with E-state index in [-0.39, 0.29) is 5.71 Å². The Balaban J connectivity index is 1.99. The molecule has 3 rings (SSSR count).